The van der Waals surface area contributed by atoms with Gasteiger partial charge in [0.05, 0.1) is 18.9 Å². The molecule has 0 atom stereocenters. The highest BCUT2D eigenvalue weighted by molar-refractivity contribution is 7.15. The number of ether oxygens (including phenoxy) is 1. The number of hydrogen-bond acceptors (Lipinski definition) is 9. The molecule has 3 heterocycles. The third-order valence-electron chi connectivity index (χ3n) is 4.78. The summed E-state index contributed by atoms with van der Waals surface area (Å²) in [5.41, 5.74) is 5.83. The standard InChI is InChI=1S/C21H18F2N8O2S/c1-33-16-9-27-14(18(22)23)7-12(16)11-6-15(19(24)29-25)26-8-13(11)20(32)28-21-31-30-17(34-21)5-4-10-2-3-10/h6-10,18H,2-3,25H2,1H3,(H2,24,29)(H,28,31,32). The lowest BCUT2D eigenvalue weighted by molar-refractivity contribution is 0.102. The summed E-state index contributed by atoms with van der Waals surface area (Å²) in [6.07, 6.45) is 1.69. The Morgan fingerprint density at radius 3 is 2.74 bits per heavy atom. The van der Waals surface area contributed by atoms with E-state index in [0.29, 0.717) is 10.9 Å². The highest BCUT2D eigenvalue weighted by atomic mass is 32.1. The average molecular weight is 484 g/mol. The molecule has 0 unspecified atom stereocenters. The molecule has 10 nitrogen and oxygen atoms in total. The van der Waals surface area contributed by atoms with Gasteiger partial charge in [0.2, 0.25) is 5.13 Å². The van der Waals surface area contributed by atoms with E-state index in [1.165, 1.54) is 19.4 Å². The number of nitrogens with zero attached hydrogens (tertiary/aromatic N) is 5. The number of anilines is 1. The number of carbonyl (C=O) groups excluding carboxylic acids is 1. The van der Waals surface area contributed by atoms with Gasteiger partial charge in [0.25, 0.3) is 12.3 Å². The zero-order chi connectivity index (χ0) is 24.2. The van der Waals surface area contributed by atoms with Crippen LogP contribution in [0.5, 0.6) is 5.75 Å². The van der Waals surface area contributed by atoms with E-state index in [1.54, 1.807) is 0 Å². The van der Waals surface area contributed by atoms with Crippen LogP contribution >= 0.6 is 11.3 Å². The summed E-state index contributed by atoms with van der Waals surface area (Å²) < 4.78 is 32.0. The SMILES string of the molecule is COc1cnc(C(F)F)cc1-c1cc(/C(N)=N/N)ncc1C(=O)Nc1nnc(C#CC2CC2)s1. The summed E-state index contributed by atoms with van der Waals surface area (Å²) in [6, 6.07) is 2.53. The van der Waals surface area contributed by atoms with Crippen molar-refractivity contribution >= 4 is 28.2 Å². The van der Waals surface area contributed by atoms with E-state index < -0.39 is 18.0 Å². The molecular formula is C21H18F2N8O2S. The molecule has 1 aliphatic carbocycles. The number of pyridine rings is 2. The monoisotopic (exact) mass is 484 g/mol. The fraction of sp³-hybridized carbons (Fsp3) is 0.238. The lowest BCUT2D eigenvalue weighted by atomic mass is 9.99. The zero-order valence-electron chi connectivity index (χ0n) is 17.7. The van der Waals surface area contributed by atoms with E-state index in [1.807, 2.05) is 0 Å². The molecule has 0 radical (unpaired) electrons. The molecule has 174 valence electrons. The van der Waals surface area contributed by atoms with Crippen LogP contribution in [0.15, 0.2) is 29.6 Å². The van der Waals surface area contributed by atoms with Gasteiger partial charge in [0, 0.05) is 23.2 Å². The first kappa shape index (κ1) is 23.0. The molecule has 1 saturated carbocycles. The molecule has 13 heteroatoms. The number of aromatic nitrogens is 4. The van der Waals surface area contributed by atoms with Crippen molar-refractivity contribution in [2.24, 2.45) is 22.6 Å². The van der Waals surface area contributed by atoms with Gasteiger partial charge in [-0.15, -0.1) is 10.2 Å². The van der Waals surface area contributed by atoms with Crippen molar-refractivity contribution in [2.45, 2.75) is 19.3 Å². The van der Waals surface area contributed by atoms with Gasteiger partial charge in [-0.1, -0.05) is 17.3 Å². The molecule has 4 rings (SSSR count). The molecule has 1 fully saturated rings. The van der Waals surface area contributed by atoms with Crippen molar-refractivity contribution < 1.29 is 18.3 Å². The Morgan fingerprint density at radius 2 is 2.06 bits per heavy atom. The summed E-state index contributed by atoms with van der Waals surface area (Å²) in [5, 5.41) is 14.6. The van der Waals surface area contributed by atoms with E-state index in [0.717, 1.165) is 36.4 Å². The Balaban J connectivity index is 1.74. The summed E-state index contributed by atoms with van der Waals surface area (Å²) in [5.74, 6) is 11.1. The molecular weight excluding hydrogens is 466 g/mol. The van der Waals surface area contributed by atoms with E-state index in [9.17, 15) is 13.6 Å². The second-order valence-corrected chi connectivity index (χ2v) is 8.13. The molecule has 0 aliphatic heterocycles. The van der Waals surface area contributed by atoms with Crippen molar-refractivity contribution in [2.75, 3.05) is 12.4 Å². The van der Waals surface area contributed by atoms with Crippen LogP contribution in [0.2, 0.25) is 0 Å². The normalized spacial score (nSPS) is 13.4. The number of amides is 1. The lowest BCUT2D eigenvalue weighted by Gasteiger charge is -2.14. The summed E-state index contributed by atoms with van der Waals surface area (Å²) in [4.78, 5) is 20.9. The van der Waals surface area contributed by atoms with E-state index in [4.69, 9.17) is 16.3 Å². The molecule has 0 spiro atoms. The molecule has 3 aromatic rings. The van der Waals surface area contributed by atoms with Crippen molar-refractivity contribution in [3.05, 3.63) is 46.5 Å². The number of hydrazone groups is 1. The Morgan fingerprint density at radius 1 is 1.26 bits per heavy atom. The number of halogens is 2. The third kappa shape index (κ3) is 5.07. The van der Waals surface area contributed by atoms with Crippen LogP contribution in [0.3, 0.4) is 0 Å². The second-order valence-electron chi connectivity index (χ2n) is 7.15. The van der Waals surface area contributed by atoms with Crippen molar-refractivity contribution in [1.29, 1.82) is 0 Å². The van der Waals surface area contributed by atoms with Crippen LogP contribution in [0.1, 0.15) is 46.0 Å². The minimum Gasteiger partial charge on any atom is -0.494 e. The van der Waals surface area contributed by atoms with Gasteiger partial charge < -0.3 is 16.3 Å². The third-order valence-corrected chi connectivity index (χ3v) is 5.53. The van der Waals surface area contributed by atoms with E-state index in [2.05, 4.69) is 42.4 Å². The molecule has 0 bridgehead atoms. The number of nitrogens with two attached hydrogens (primary N) is 2. The summed E-state index contributed by atoms with van der Waals surface area (Å²) in [7, 11) is 1.35. The van der Waals surface area contributed by atoms with E-state index in [-0.39, 0.29) is 39.1 Å². The second kappa shape index (κ2) is 9.75. The Hall–Kier alpha value is -4.18. The summed E-state index contributed by atoms with van der Waals surface area (Å²) >= 11 is 1.12. The number of nitrogens with one attached hydrogen (secondary N) is 1. The maximum Gasteiger partial charge on any atom is 0.280 e. The lowest BCUT2D eigenvalue weighted by Crippen LogP contribution is -2.19. The number of amidine groups is 1. The number of methoxy groups -OCH3 is 1. The van der Waals surface area contributed by atoms with Crippen molar-refractivity contribution in [3.8, 4) is 28.7 Å². The Bertz CT molecular complexity index is 1330. The predicted octanol–water partition coefficient (Wildman–Crippen LogP) is 2.53. The number of carbonyl (C=O) groups is 1. The summed E-state index contributed by atoms with van der Waals surface area (Å²) in [6.45, 7) is 0. The zero-order valence-corrected chi connectivity index (χ0v) is 18.6. The van der Waals surface area contributed by atoms with Crippen LogP contribution in [0, 0.1) is 17.8 Å². The quantitative estimate of drug-likeness (QED) is 0.159. The van der Waals surface area contributed by atoms with Crippen molar-refractivity contribution in [3.63, 3.8) is 0 Å². The number of alkyl halides is 2. The fourth-order valence-corrected chi connectivity index (χ4v) is 3.50. The largest absolute Gasteiger partial charge is 0.494 e. The highest BCUT2D eigenvalue weighted by Crippen LogP contribution is 2.35. The van der Waals surface area contributed by atoms with E-state index >= 15 is 0 Å². The first-order valence-electron chi connectivity index (χ1n) is 9.92. The van der Waals surface area contributed by atoms with Crippen LogP contribution in [0.4, 0.5) is 13.9 Å². The Kier molecular flexibility index (Phi) is 6.60. The molecule has 0 aromatic carbocycles. The molecule has 0 saturated heterocycles. The number of rotatable bonds is 6. The average Bonchev–Trinajstić information content (AvgIpc) is 3.58. The predicted molar refractivity (Wildman–Crippen MR) is 121 cm³/mol. The maximum absolute atomic E-state index is 13.4. The Labute approximate surface area is 196 Å². The van der Waals surface area contributed by atoms with Crippen LogP contribution in [-0.2, 0) is 0 Å². The van der Waals surface area contributed by atoms with Gasteiger partial charge >= 0.3 is 0 Å². The van der Waals surface area contributed by atoms with Gasteiger partial charge in [0.1, 0.15) is 17.1 Å². The van der Waals surface area contributed by atoms with Gasteiger partial charge in [-0.05, 0) is 30.9 Å². The first-order valence-corrected chi connectivity index (χ1v) is 10.7. The molecule has 5 N–H and O–H groups in total. The molecule has 1 aliphatic rings. The molecule has 34 heavy (non-hydrogen) atoms. The van der Waals surface area contributed by atoms with Crippen molar-refractivity contribution in [1.82, 2.24) is 20.2 Å². The van der Waals surface area contributed by atoms with Crippen LogP contribution in [-0.4, -0.2) is 39.0 Å². The van der Waals surface area contributed by atoms with Gasteiger partial charge in [-0.2, -0.15) is 5.10 Å². The highest BCUT2D eigenvalue weighted by Gasteiger charge is 2.22. The van der Waals surface area contributed by atoms with Crippen LogP contribution in [0.25, 0.3) is 11.1 Å². The number of hydrogen-bond donors (Lipinski definition) is 3. The minimum atomic E-state index is -2.84. The van der Waals surface area contributed by atoms with Gasteiger partial charge in [-0.25, -0.2) is 8.78 Å². The molecule has 1 amide bonds. The first-order chi connectivity index (χ1) is 16.4. The van der Waals surface area contributed by atoms with Gasteiger partial charge in [-0.3, -0.25) is 20.1 Å². The topological polar surface area (TPSA) is 154 Å². The smallest absolute Gasteiger partial charge is 0.280 e. The van der Waals surface area contributed by atoms with Gasteiger partial charge in [0.15, 0.2) is 10.8 Å². The molecule has 3 aromatic heterocycles. The van der Waals surface area contributed by atoms with Crippen LogP contribution < -0.4 is 21.6 Å². The minimum absolute atomic E-state index is 0.0408. The maximum atomic E-state index is 13.4. The fourth-order valence-electron chi connectivity index (χ4n) is 2.90.